The Hall–Kier alpha value is -3.67. The maximum atomic E-state index is 13.7. The van der Waals surface area contributed by atoms with Crippen molar-refractivity contribution in [3.05, 3.63) is 83.8 Å². The summed E-state index contributed by atoms with van der Waals surface area (Å²) in [6, 6.07) is 17.7. The zero-order valence-electron chi connectivity index (χ0n) is 17.8. The van der Waals surface area contributed by atoms with Crippen LogP contribution in [-0.2, 0) is 13.6 Å². The number of carbonyl (C=O) groups is 1. The first-order valence-electron chi connectivity index (χ1n) is 10.1. The predicted molar refractivity (Wildman–Crippen MR) is 120 cm³/mol. The lowest BCUT2D eigenvalue weighted by Gasteiger charge is -2.19. The number of halogens is 1. The summed E-state index contributed by atoms with van der Waals surface area (Å²) in [6.45, 7) is 2.80. The largest absolute Gasteiger partial charge is 0.493 e. The van der Waals surface area contributed by atoms with E-state index in [0.717, 1.165) is 22.0 Å². The summed E-state index contributed by atoms with van der Waals surface area (Å²) in [6.07, 6.45) is 1.82. The number of rotatable bonds is 6. The van der Waals surface area contributed by atoms with E-state index in [1.165, 1.54) is 12.1 Å². The molecule has 1 heterocycles. The molecule has 4 aromatic rings. The molecule has 0 spiro atoms. The first-order chi connectivity index (χ1) is 15.0. The van der Waals surface area contributed by atoms with Gasteiger partial charge in [0.25, 0.3) is 5.91 Å². The Morgan fingerprint density at radius 3 is 2.74 bits per heavy atom. The second-order valence-electron chi connectivity index (χ2n) is 7.48. The van der Waals surface area contributed by atoms with Crippen molar-refractivity contribution in [3.8, 4) is 16.9 Å². The molecule has 0 unspecified atom stereocenters. The summed E-state index contributed by atoms with van der Waals surface area (Å²) < 4.78 is 21.3. The van der Waals surface area contributed by atoms with E-state index in [9.17, 15) is 9.18 Å². The van der Waals surface area contributed by atoms with Gasteiger partial charge in [-0.05, 0) is 60.5 Å². The van der Waals surface area contributed by atoms with Crippen molar-refractivity contribution >= 4 is 16.8 Å². The highest BCUT2D eigenvalue weighted by Crippen LogP contribution is 2.32. The van der Waals surface area contributed by atoms with E-state index >= 15 is 0 Å². The van der Waals surface area contributed by atoms with E-state index < -0.39 is 0 Å². The number of ether oxygens (including phenoxy) is 1. The number of amides is 1. The molecule has 0 N–H and O–H groups in total. The molecule has 0 atom stereocenters. The number of hydrogen-bond acceptors (Lipinski definition) is 3. The lowest BCUT2D eigenvalue weighted by Crippen LogP contribution is -2.26. The fraction of sp³-hybridized carbons (Fsp3) is 0.200. The van der Waals surface area contributed by atoms with E-state index in [1.807, 2.05) is 55.2 Å². The Morgan fingerprint density at radius 2 is 1.97 bits per heavy atom. The van der Waals surface area contributed by atoms with E-state index in [4.69, 9.17) is 4.74 Å². The minimum Gasteiger partial charge on any atom is -0.493 e. The molecule has 6 heteroatoms. The Labute approximate surface area is 180 Å². The van der Waals surface area contributed by atoms with Crippen LogP contribution in [0.25, 0.3) is 22.0 Å². The third-order valence-corrected chi connectivity index (χ3v) is 5.24. The summed E-state index contributed by atoms with van der Waals surface area (Å²) in [4.78, 5) is 14.7. The van der Waals surface area contributed by atoms with Crippen LogP contribution >= 0.6 is 0 Å². The first kappa shape index (κ1) is 20.6. The number of benzene rings is 3. The number of fused-ring (bicyclic) bond motifs is 1. The molecule has 0 aliphatic rings. The van der Waals surface area contributed by atoms with Crippen LogP contribution in [-0.4, -0.2) is 34.2 Å². The molecule has 0 aliphatic heterocycles. The van der Waals surface area contributed by atoms with Crippen molar-refractivity contribution in [2.45, 2.75) is 13.5 Å². The Balaban J connectivity index is 1.58. The molecule has 0 radical (unpaired) electrons. The van der Waals surface area contributed by atoms with Gasteiger partial charge in [0.2, 0.25) is 0 Å². The summed E-state index contributed by atoms with van der Waals surface area (Å²) in [5, 5.41) is 5.30. The van der Waals surface area contributed by atoms with Crippen LogP contribution < -0.4 is 4.74 Å². The number of aryl methyl sites for hydroxylation is 1. The van der Waals surface area contributed by atoms with Crippen molar-refractivity contribution < 1.29 is 13.9 Å². The lowest BCUT2D eigenvalue weighted by molar-refractivity contribution is 0.0784. The predicted octanol–water partition coefficient (Wildman–Crippen LogP) is 5.05. The quantitative estimate of drug-likeness (QED) is 0.441. The molecule has 3 aromatic carbocycles. The van der Waals surface area contributed by atoms with Gasteiger partial charge in [-0.2, -0.15) is 5.10 Å². The SMILES string of the molecule is CCOc1cc(C(=O)N(C)Cc2ccc3c(cnn3C)c2)ccc1-c1cccc(F)c1. The van der Waals surface area contributed by atoms with Gasteiger partial charge in [-0.1, -0.05) is 18.2 Å². The minimum absolute atomic E-state index is 0.113. The van der Waals surface area contributed by atoms with Gasteiger partial charge in [0.05, 0.1) is 18.3 Å². The summed E-state index contributed by atoms with van der Waals surface area (Å²) >= 11 is 0. The summed E-state index contributed by atoms with van der Waals surface area (Å²) in [5.74, 6) is 0.132. The number of aromatic nitrogens is 2. The van der Waals surface area contributed by atoms with Gasteiger partial charge in [0.15, 0.2) is 0 Å². The molecule has 31 heavy (non-hydrogen) atoms. The van der Waals surface area contributed by atoms with Gasteiger partial charge in [-0.3, -0.25) is 9.48 Å². The third-order valence-electron chi connectivity index (χ3n) is 5.24. The molecule has 0 saturated carbocycles. The minimum atomic E-state index is -0.314. The number of carbonyl (C=O) groups excluding carboxylic acids is 1. The van der Waals surface area contributed by atoms with Crippen LogP contribution in [0.5, 0.6) is 5.75 Å². The van der Waals surface area contributed by atoms with Gasteiger partial charge in [-0.25, -0.2) is 4.39 Å². The van der Waals surface area contributed by atoms with E-state index in [2.05, 4.69) is 5.10 Å². The van der Waals surface area contributed by atoms with Crippen molar-refractivity contribution in [1.29, 1.82) is 0 Å². The van der Waals surface area contributed by atoms with Crippen LogP contribution in [0.15, 0.2) is 66.9 Å². The van der Waals surface area contributed by atoms with Gasteiger partial charge in [0, 0.05) is 37.2 Å². The summed E-state index contributed by atoms with van der Waals surface area (Å²) in [7, 11) is 3.68. The standard InChI is InChI=1S/C25H24FN3O2/c1-4-31-24-14-19(9-10-22(24)18-6-5-7-21(26)13-18)25(30)28(2)16-17-8-11-23-20(12-17)15-27-29(23)3/h5-15H,4,16H2,1-3H3. The zero-order valence-corrected chi connectivity index (χ0v) is 17.8. The van der Waals surface area contributed by atoms with Crippen LogP contribution in [0.4, 0.5) is 4.39 Å². The number of hydrogen-bond donors (Lipinski definition) is 0. The second kappa shape index (κ2) is 8.60. The van der Waals surface area contributed by atoms with Crippen LogP contribution in [0.2, 0.25) is 0 Å². The highest BCUT2D eigenvalue weighted by molar-refractivity contribution is 5.95. The average Bonchev–Trinajstić information content (AvgIpc) is 3.13. The molecule has 0 saturated heterocycles. The van der Waals surface area contributed by atoms with Crippen LogP contribution in [0.1, 0.15) is 22.8 Å². The molecule has 1 aromatic heterocycles. The lowest BCUT2D eigenvalue weighted by atomic mass is 10.0. The Bertz CT molecular complexity index is 1250. The van der Waals surface area contributed by atoms with Crippen molar-refractivity contribution in [1.82, 2.24) is 14.7 Å². The highest BCUT2D eigenvalue weighted by Gasteiger charge is 2.16. The maximum absolute atomic E-state index is 13.7. The second-order valence-corrected chi connectivity index (χ2v) is 7.48. The topological polar surface area (TPSA) is 47.4 Å². The van der Waals surface area contributed by atoms with Gasteiger partial charge in [-0.15, -0.1) is 0 Å². The van der Waals surface area contributed by atoms with Gasteiger partial charge >= 0.3 is 0 Å². The molecule has 158 valence electrons. The molecule has 5 nitrogen and oxygen atoms in total. The molecule has 1 amide bonds. The molecular weight excluding hydrogens is 393 g/mol. The fourth-order valence-corrected chi connectivity index (χ4v) is 3.70. The first-order valence-corrected chi connectivity index (χ1v) is 10.1. The van der Waals surface area contributed by atoms with E-state index in [0.29, 0.717) is 30.0 Å². The maximum Gasteiger partial charge on any atom is 0.254 e. The summed E-state index contributed by atoms with van der Waals surface area (Å²) in [5.41, 5.74) is 4.06. The fourth-order valence-electron chi connectivity index (χ4n) is 3.70. The molecule has 0 fully saturated rings. The normalized spacial score (nSPS) is 11.0. The van der Waals surface area contributed by atoms with Crippen molar-refractivity contribution in [2.24, 2.45) is 7.05 Å². The van der Waals surface area contributed by atoms with Gasteiger partial charge < -0.3 is 9.64 Å². The van der Waals surface area contributed by atoms with Crippen LogP contribution in [0.3, 0.4) is 0 Å². The van der Waals surface area contributed by atoms with Crippen molar-refractivity contribution in [2.75, 3.05) is 13.7 Å². The number of nitrogens with zero attached hydrogens (tertiary/aromatic N) is 3. The Morgan fingerprint density at radius 1 is 1.13 bits per heavy atom. The van der Waals surface area contributed by atoms with Crippen LogP contribution in [0, 0.1) is 5.82 Å². The average molecular weight is 417 g/mol. The molecule has 0 aliphatic carbocycles. The van der Waals surface area contributed by atoms with Crippen molar-refractivity contribution in [3.63, 3.8) is 0 Å². The molecule has 0 bridgehead atoms. The van der Waals surface area contributed by atoms with E-state index in [-0.39, 0.29) is 11.7 Å². The highest BCUT2D eigenvalue weighted by atomic mass is 19.1. The molecule has 4 rings (SSSR count). The van der Waals surface area contributed by atoms with E-state index in [1.54, 1.807) is 30.1 Å². The Kier molecular flexibility index (Phi) is 5.71. The monoisotopic (exact) mass is 417 g/mol. The molecular formula is C25H24FN3O2. The smallest absolute Gasteiger partial charge is 0.254 e. The van der Waals surface area contributed by atoms with Gasteiger partial charge in [0.1, 0.15) is 11.6 Å². The zero-order chi connectivity index (χ0) is 22.0. The third kappa shape index (κ3) is 4.28.